The van der Waals surface area contributed by atoms with Crippen molar-refractivity contribution in [3.05, 3.63) is 53.4 Å². The molecule has 3 aromatic rings. The van der Waals surface area contributed by atoms with Crippen molar-refractivity contribution in [2.24, 2.45) is 7.05 Å². The number of carbonyl (C=O) groups excluding carboxylic acids is 1. The Morgan fingerprint density at radius 2 is 2.00 bits per heavy atom. The maximum atomic E-state index is 12.7. The molecule has 128 valence electrons. The van der Waals surface area contributed by atoms with Gasteiger partial charge in [0.2, 0.25) is 0 Å². The number of halogens is 1. The largest absolute Gasteiger partial charge is 0.304 e. The smallest absolute Gasteiger partial charge is 0.191 e. The van der Waals surface area contributed by atoms with Crippen LogP contribution in [0.2, 0.25) is 5.02 Å². The first-order valence-electron chi connectivity index (χ1n) is 7.72. The molecule has 6 nitrogen and oxygen atoms in total. The maximum Gasteiger partial charge on any atom is 0.191 e. The normalized spacial score (nSPS) is 12.1. The summed E-state index contributed by atoms with van der Waals surface area (Å²) < 4.78 is 1.83. The molecule has 0 saturated carbocycles. The Morgan fingerprint density at radius 1 is 1.24 bits per heavy atom. The number of carbonyl (C=O) groups is 1. The van der Waals surface area contributed by atoms with Crippen molar-refractivity contribution in [2.45, 2.75) is 23.8 Å². The van der Waals surface area contributed by atoms with Crippen LogP contribution in [0, 0.1) is 0 Å². The van der Waals surface area contributed by atoms with Crippen LogP contribution in [0.15, 0.2) is 48.0 Å². The van der Waals surface area contributed by atoms with E-state index in [1.54, 1.807) is 42.9 Å². The van der Waals surface area contributed by atoms with Gasteiger partial charge < -0.3 is 4.57 Å². The Kier molecular flexibility index (Phi) is 5.45. The third kappa shape index (κ3) is 3.88. The Bertz CT molecular complexity index is 867. The van der Waals surface area contributed by atoms with Crippen LogP contribution in [0.5, 0.6) is 0 Å². The third-order valence-electron chi connectivity index (χ3n) is 3.67. The molecule has 1 aromatic carbocycles. The molecule has 8 heteroatoms. The second kappa shape index (κ2) is 7.76. The van der Waals surface area contributed by atoms with E-state index in [2.05, 4.69) is 20.2 Å². The fraction of sp³-hybridized carbons (Fsp3) is 0.235. The Labute approximate surface area is 154 Å². The number of ketones is 1. The second-order valence-corrected chi connectivity index (χ2v) is 6.95. The van der Waals surface area contributed by atoms with E-state index in [9.17, 15) is 4.79 Å². The van der Waals surface area contributed by atoms with Crippen LogP contribution in [0.1, 0.15) is 23.7 Å². The molecule has 0 amide bonds. The highest BCUT2D eigenvalue weighted by Crippen LogP contribution is 2.28. The molecule has 0 spiro atoms. The summed E-state index contributed by atoms with van der Waals surface area (Å²) in [6, 6.07) is 6.94. The van der Waals surface area contributed by atoms with E-state index in [0.29, 0.717) is 33.7 Å². The van der Waals surface area contributed by atoms with Crippen molar-refractivity contribution in [3.63, 3.8) is 0 Å². The standard InChI is InChI=1S/C17H16ClN5OS/c1-3-14(15(24)11-4-6-12(18)7-5-11)25-17-22-21-16(23(17)2)13-10-19-8-9-20-13/h4-10,14H,3H2,1-2H3. The summed E-state index contributed by atoms with van der Waals surface area (Å²) in [6.45, 7) is 1.98. The summed E-state index contributed by atoms with van der Waals surface area (Å²) in [5, 5.41) is 9.40. The average Bonchev–Trinajstić information content (AvgIpc) is 3.01. The minimum atomic E-state index is -0.251. The number of thioether (sulfide) groups is 1. The summed E-state index contributed by atoms with van der Waals surface area (Å²) in [5.41, 5.74) is 1.28. The molecule has 0 N–H and O–H groups in total. The molecular formula is C17H16ClN5OS. The first-order chi connectivity index (χ1) is 12.1. The van der Waals surface area contributed by atoms with Crippen molar-refractivity contribution < 1.29 is 4.79 Å². The van der Waals surface area contributed by atoms with Gasteiger partial charge >= 0.3 is 0 Å². The van der Waals surface area contributed by atoms with Gasteiger partial charge in [-0.3, -0.25) is 9.78 Å². The first kappa shape index (κ1) is 17.6. The van der Waals surface area contributed by atoms with Crippen molar-refractivity contribution >= 4 is 29.1 Å². The van der Waals surface area contributed by atoms with Gasteiger partial charge in [0.05, 0.1) is 11.4 Å². The van der Waals surface area contributed by atoms with E-state index in [-0.39, 0.29) is 11.0 Å². The van der Waals surface area contributed by atoms with Crippen LogP contribution in [0.3, 0.4) is 0 Å². The van der Waals surface area contributed by atoms with Crippen LogP contribution in [-0.4, -0.2) is 35.8 Å². The monoisotopic (exact) mass is 373 g/mol. The predicted molar refractivity (Wildman–Crippen MR) is 97.7 cm³/mol. The van der Waals surface area contributed by atoms with Gasteiger partial charge in [-0.2, -0.15) is 0 Å². The van der Waals surface area contributed by atoms with Crippen molar-refractivity contribution in [1.82, 2.24) is 24.7 Å². The SMILES string of the molecule is CCC(Sc1nnc(-c2cnccn2)n1C)C(=O)c1ccc(Cl)cc1. The molecule has 3 rings (SSSR count). The van der Waals surface area contributed by atoms with Crippen molar-refractivity contribution in [3.8, 4) is 11.5 Å². The van der Waals surface area contributed by atoms with Gasteiger partial charge in [-0.05, 0) is 30.7 Å². The molecule has 0 aliphatic carbocycles. The molecule has 2 aromatic heterocycles. The topological polar surface area (TPSA) is 73.6 Å². The summed E-state index contributed by atoms with van der Waals surface area (Å²) in [4.78, 5) is 21.0. The number of benzene rings is 1. The highest BCUT2D eigenvalue weighted by molar-refractivity contribution is 8.00. The lowest BCUT2D eigenvalue weighted by Gasteiger charge is -2.13. The molecular weight excluding hydrogens is 358 g/mol. The third-order valence-corrected chi connectivity index (χ3v) is 5.32. The molecule has 0 fully saturated rings. The molecule has 0 aliphatic rings. The summed E-state index contributed by atoms with van der Waals surface area (Å²) in [7, 11) is 1.85. The lowest BCUT2D eigenvalue weighted by Crippen LogP contribution is -2.17. The minimum absolute atomic E-state index is 0.0493. The van der Waals surface area contributed by atoms with Crippen LogP contribution < -0.4 is 0 Å². The maximum absolute atomic E-state index is 12.7. The number of aromatic nitrogens is 5. The highest BCUT2D eigenvalue weighted by Gasteiger charge is 2.23. The zero-order valence-electron chi connectivity index (χ0n) is 13.8. The summed E-state index contributed by atoms with van der Waals surface area (Å²) in [6.07, 6.45) is 5.53. The lowest BCUT2D eigenvalue weighted by molar-refractivity contribution is 0.0988. The van der Waals surface area contributed by atoms with Crippen molar-refractivity contribution in [1.29, 1.82) is 0 Å². The van der Waals surface area contributed by atoms with Crippen molar-refractivity contribution in [2.75, 3.05) is 0 Å². The van der Waals surface area contributed by atoms with E-state index < -0.39 is 0 Å². The van der Waals surface area contributed by atoms with E-state index in [4.69, 9.17) is 11.6 Å². The number of hydrogen-bond acceptors (Lipinski definition) is 6. The van der Waals surface area contributed by atoms with Gasteiger partial charge in [-0.1, -0.05) is 30.3 Å². The van der Waals surface area contributed by atoms with E-state index in [1.807, 2.05) is 18.5 Å². The average molecular weight is 374 g/mol. The van der Waals surface area contributed by atoms with Gasteiger partial charge in [0, 0.05) is 30.0 Å². The van der Waals surface area contributed by atoms with Gasteiger partial charge in [0.15, 0.2) is 16.8 Å². The Morgan fingerprint density at radius 3 is 2.64 bits per heavy atom. The van der Waals surface area contributed by atoms with Gasteiger partial charge in [0.1, 0.15) is 5.69 Å². The Balaban J connectivity index is 1.82. The van der Waals surface area contributed by atoms with Gasteiger partial charge in [-0.25, -0.2) is 4.98 Å². The first-order valence-corrected chi connectivity index (χ1v) is 8.98. The van der Waals surface area contributed by atoms with Gasteiger partial charge in [0.25, 0.3) is 0 Å². The molecule has 1 unspecified atom stereocenters. The number of hydrogen-bond donors (Lipinski definition) is 0. The van der Waals surface area contributed by atoms with Crippen LogP contribution in [0.25, 0.3) is 11.5 Å². The van der Waals surface area contributed by atoms with Crippen LogP contribution in [0.4, 0.5) is 0 Å². The van der Waals surface area contributed by atoms with Crippen LogP contribution in [-0.2, 0) is 7.05 Å². The molecule has 0 saturated heterocycles. The summed E-state index contributed by atoms with van der Waals surface area (Å²) in [5.74, 6) is 0.664. The zero-order chi connectivity index (χ0) is 17.8. The van der Waals surface area contributed by atoms with E-state index >= 15 is 0 Å². The minimum Gasteiger partial charge on any atom is -0.304 e. The number of rotatable bonds is 6. The predicted octanol–water partition coefficient (Wildman–Crippen LogP) is 3.68. The number of nitrogens with zero attached hydrogens (tertiary/aromatic N) is 5. The summed E-state index contributed by atoms with van der Waals surface area (Å²) >= 11 is 7.29. The molecule has 0 aliphatic heterocycles. The van der Waals surface area contributed by atoms with Crippen LogP contribution >= 0.6 is 23.4 Å². The fourth-order valence-corrected chi connectivity index (χ4v) is 3.43. The molecule has 2 heterocycles. The van der Waals surface area contributed by atoms with E-state index in [1.165, 1.54) is 11.8 Å². The van der Waals surface area contributed by atoms with E-state index in [0.717, 1.165) is 0 Å². The second-order valence-electron chi connectivity index (χ2n) is 5.34. The molecule has 0 radical (unpaired) electrons. The molecule has 0 bridgehead atoms. The Hall–Kier alpha value is -2.25. The lowest BCUT2D eigenvalue weighted by atomic mass is 10.1. The molecule has 25 heavy (non-hydrogen) atoms. The fourth-order valence-electron chi connectivity index (χ4n) is 2.30. The number of Topliss-reactive ketones (excluding diaryl/α,β-unsaturated/α-hetero) is 1. The highest BCUT2D eigenvalue weighted by atomic mass is 35.5. The van der Waals surface area contributed by atoms with Gasteiger partial charge in [-0.15, -0.1) is 10.2 Å². The quantitative estimate of drug-likeness (QED) is 0.484. The molecule has 1 atom stereocenters. The zero-order valence-corrected chi connectivity index (χ0v) is 15.3.